The van der Waals surface area contributed by atoms with Crippen LogP contribution in [0.5, 0.6) is 0 Å². The summed E-state index contributed by atoms with van der Waals surface area (Å²) in [6.07, 6.45) is 1.02. The highest BCUT2D eigenvalue weighted by Crippen LogP contribution is 2.17. The monoisotopic (exact) mass is 358 g/mol. The van der Waals surface area contributed by atoms with Gasteiger partial charge in [0.15, 0.2) is 5.82 Å². The molecule has 8 heteroatoms. The smallest absolute Gasteiger partial charge is 0.234 e. The molecule has 3 aromatic rings. The van der Waals surface area contributed by atoms with E-state index < -0.39 is 0 Å². The van der Waals surface area contributed by atoms with E-state index in [1.54, 1.807) is 4.52 Å². The van der Waals surface area contributed by atoms with Crippen molar-refractivity contribution in [3.63, 3.8) is 0 Å². The zero-order valence-corrected chi connectivity index (χ0v) is 15.5. The molecule has 2 heterocycles. The summed E-state index contributed by atoms with van der Waals surface area (Å²) in [6, 6.07) is 10.3. The summed E-state index contributed by atoms with van der Waals surface area (Å²) in [5.74, 6) is 0.795. The fourth-order valence-electron chi connectivity index (χ4n) is 2.65. The van der Waals surface area contributed by atoms with Crippen molar-refractivity contribution < 1.29 is 4.79 Å². The van der Waals surface area contributed by atoms with Gasteiger partial charge >= 0.3 is 0 Å². The number of carbonyl (C=O) groups is 1. The van der Waals surface area contributed by atoms with Gasteiger partial charge in [-0.05, 0) is 26.6 Å². The maximum absolute atomic E-state index is 12.2. The molecule has 0 saturated carbocycles. The van der Waals surface area contributed by atoms with E-state index in [0.29, 0.717) is 19.4 Å². The summed E-state index contributed by atoms with van der Waals surface area (Å²) in [4.78, 5) is 15.1. The fraction of sp³-hybridized carbons (Fsp3) is 0.412. The van der Waals surface area contributed by atoms with Gasteiger partial charge in [0.05, 0.1) is 6.04 Å². The number of carbonyl (C=O) groups excluding carboxylic acids is 1. The second-order valence-corrected chi connectivity index (χ2v) is 7.17. The number of hydrogen-bond donors (Lipinski definition) is 1. The first-order chi connectivity index (χ1) is 12.0. The molecule has 1 N–H and O–H groups in total. The van der Waals surface area contributed by atoms with Crippen molar-refractivity contribution in [2.75, 3.05) is 20.6 Å². The first-order valence-corrected chi connectivity index (χ1v) is 9.02. The van der Waals surface area contributed by atoms with E-state index in [9.17, 15) is 4.79 Å². The van der Waals surface area contributed by atoms with E-state index in [2.05, 4.69) is 37.6 Å². The number of benzene rings is 1. The van der Waals surface area contributed by atoms with Gasteiger partial charge in [-0.25, -0.2) is 0 Å². The molecule has 3 rings (SSSR count). The molecule has 7 nitrogen and oxygen atoms in total. The molecule has 0 fully saturated rings. The van der Waals surface area contributed by atoms with Gasteiger partial charge in [0.1, 0.15) is 5.01 Å². The lowest BCUT2D eigenvalue weighted by atomic mass is 10.1. The summed E-state index contributed by atoms with van der Waals surface area (Å²) in [7, 11) is 4.04. The number of hydrogen-bond acceptors (Lipinski definition) is 6. The molecule has 0 bridgehead atoms. The van der Waals surface area contributed by atoms with Crippen LogP contribution in [0.3, 0.4) is 0 Å². The minimum Gasteiger partial charge on any atom is -0.354 e. The highest BCUT2D eigenvalue weighted by molar-refractivity contribution is 7.16. The lowest BCUT2D eigenvalue weighted by molar-refractivity contribution is -0.121. The van der Waals surface area contributed by atoms with Gasteiger partial charge < -0.3 is 10.2 Å². The molecule has 1 unspecified atom stereocenters. The van der Waals surface area contributed by atoms with E-state index in [1.807, 2.05) is 39.2 Å². The van der Waals surface area contributed by atoms with Crippen LogP contribution in [0.1, 0.15) is 28.9 Å². The standard InChI is InChI=1S/C17H22N6OS/c1-12-19-20-17-23(12)21-16(25-17)10-9-15(24)18-11-14(22(2)3)13-7-5-4-6-8-13/h4-8,14H,9-11H2,1-3H3,(H,18,24). The minimum atomic E-state index is 0.0328. The molecular weight excluding hydrogens is 336 g/mol. The van der Waals surface area contributed by atoms with Gasteiger partial charge in [-0.1, -0.05) is 41.7 Å². The Kier molecular flexibility index (Phi) is 5.40. The first-order valence-electron chi connectivity index (χ1n) is 8.20. The molecule has 132 valence electrons. The lowest BCUT2D eigenvalue weighted by Gasteiger charge is -2.25. The van der Waals surface area contributed by atoms with Crippen LogP contribution in [0, 0.1) is 6.92 Å². The Bertz CT molecular complexity index is 841. The highest BCUT2D eigenvalue weighted by Gasteiger charge is 2.15. The van der Waals surface area contributed by atoms with Crippen molar-refractivity contribution in [3.05, 3.63) is 46.7 Å². The SMILES string of the molecule is Cc1nnc2sc(CCC(=O)NCC(c3ccccc3)N(C)C)nn12. The zero-order chi connectivity index (χ0) is 17.8. The van der Waals surface area contributed by atoms with Gasteiger partial charge in [-0.15, -0.1) is 10.2 Å². The number of likely N-dealkylation sites (N-methyl/N-ethyl adjacent to an activating group) is 1. The Labute approximate surface area is 150 Å². The molecule has 2 aromatic heterocycles. The largest absolute Gasteiger partial charge is 0.354 e. The maximum atomic E-state index is 12.2. The molecule has 1 atom stereocenters. The summed E-state index contributed by atoms with van der Waals surface area (Å²) in [5.41, 5.74) is 1.19. The van der Waals surface area contributed by atoms with Crippen LogP contribution in [0.4, 0.5) is 0 Å². The van der Waals surface area contributed by atoms with Crippen molar-refractivity contribution in [1.29, 1.82) is 0 Å². The van der Waals surface area contributed by atoms with E-state index in [4.69, 9.17) is 0 Å². The van der Waals surface area contributed by atoms with Crippen LogP contribution in [-0.4, -0.2) is 51.3 Å². The Balaban J connectivity index is 1.53. The predicted molar refractivity (Wildman–Crippen MR) is 97.6 cm³/mol. The lowest BCUT2D eigenvalue weighted by Crippen LogP contribution is -2.34. The van der Waals surface area contributed by atoms with Crippen molar-refractivity contribution in [3.8, 4) is 0 Å². The third kappa shape index (κ3) is 4.21. The van der Waals surface area contributed by atoms with Gasteiger partial charge in [0, 0.05) is 19.4 Å². The van der Waals surface area contributed by atoms with Crippen LogP contribution in [-0.2, 0) is 11.2 Å². The summed E-state index contributed by atoms with van der Waals surface area (Å²) in [5, 5.41) is 16.4. The molecular formula is C17H22N6OS. The predicted octanol–water partition coefficient (Wildman–Crippen LogP) is 1.85. The number of rotatable bonds is 7. The molecule has 0 aliphatic rings. The average molecular weight is 358 g/mol. The van der Waals surface area contributed by atoms with Crippen molar-refractivity contribution in [1.82, 2.24) is 30.0 Å². The van der Waals surface area contributed by atoms with Crippen LogP contribution in [0.15, 0.2) is 30.3 Å². The molecule has 1 amide bonds. The van der Waals surface area contributed by atoms with E-state index in [0.717, 1.165) is 15.8 Å². The molecule has 0 spiro atoms. The normalized spacial score (nSPS) is 12.6. The van der Waals surface area contributed by atoms with E-state index >= 15 is 0 Å². The average Bonchev–Trinajstić information content (AvgIpc) is 3.16. The zero-order valence-electron chi connectivity index (χ0n) is 14.6. The second kappa shape index (κ2) is 7.71. The van der Waals surface area contributed by atoms with Gasteiger partial charge in [0.2, 0.25) is 10.9 Å². The maximum Gasteiger partial charge on any atom is 0.234 e. The molecule has 0 radical (unpaired) electrons. The topological polar surface area (TPSA) is 75.4 Å². The fourth-order valence-corrected chi connectivity index (χ4v) is 3.53. The number of nitrogens with zero attached hydrogens (tertiary/aromatic N) is 5. The van der Waals surface area contributed by atoms with Crippen LogP contribution in [0.2, 0.25) is 0 Å². The van der Waals surface area contributed by atoms with Crippen LogP contribution >= 0.6 is 11.3 Å². The molecule has 0 aliphatic carbocycles. The summed E-state index contributed by atoms with van der Waals surface area (Å²) in [6.45, 7) is 2.45. The number of aromatic nitrogens is 4. The second-order valence-electron chi connectivity index (χ2n) is 6.13. The quantitative estimate of drug-likeness (QED) is 0.698. The molecule has 0 aliphatic heterocycles. The number of amides is 1. The Morgan fingerprint density at radius 2 is 2.04 bits per heavy atom. The van der Waals surface area contributed by atoms with Crippen molar-refractivity contribution in [2.45, 2.75) is 25.8 Å². The Hall–Kier alpha value is -2.32. The van der Waals surface area contributed by atoms with Gasteiger partial charge in [0.25, 0.3) is 0 Å². The minimum absolute atomic E-state index is 0.0328. The number of nitrogens with one attached hydrogen (secondary N) is 1. The molecule has 1 aromatic carbocycles. The summed E-state index contributed by atoms with van der Waals surface area (Å²) < 4.78 is 1.72. The van der Waals surface area contributed by atoms with E-state index in [-0.39, 0.29) is 11.9 Å². The third-order valence-electron chi connectivity index (χ3n) is 4.05. The Morgan fingerprint density at radius 3 is 2.72 bits per heavy atom. The number of aryl methyl sites for hydroxylation is 2. The Morgan fingerprint density at radius 1 is 1.28 bits per heavy atom. The van der Waals surface area contributed by atoms with Crippen molar-refractivity contribution in [2.24, 2.45) is 0 Å². The van der Waals surface area contributed by atoms with Gasteiger partial charge in [-0.2, -0.15) is 9.61 Å². The van der Waals surface area contributed by atoms with Crippen molar-refractivity contribution >= 4 is 22.2 Å². The first kappa shape index (κ1) is 17.5. The number of fused-ring (bicyclic) bond motifs is 1. The molecule has 25 heavy (non-hydrogen) atoms. The van der Waals surface area contributed by atoms with E-state index in [1.165, 1.54) is 16.9 Å². The van der Waals surface area contributed by atoms with Gasteiger partial charge in [-0.3, -0.25) is 4.79 Å². The summed E-state index contributed by atoms with van der Waals surface area (Å²) >= 11 is 1.48. The highest BCUT2D eigenvalue weighted by atomic mass is 32.1. The van der Waals surface area contributed by atoms with Crippen LogP contribution in [0.25, 0.3) is 4.96 Å². The van der Waals surface area contributed by atoms with Crippen LogP contribution < -0.4 is 5.32 Å². The third-order valence-corrected chi connectivity index (χ3v) is 5.01. The molecule has 0 saturated heterocycles.